The highest BCUT2D eigenvalue weighted by Crippen LogP contribution is 2.38. The first-order valence-electron chi connectivity index (χ1n) is 11.8. The summed E-state index contributed by atoms with van der Waals surface area (Å²) >= 11 is 3.26. The van der Waals surface area contributed by atoms with Crippen molar-refractivity contribution in [1.82, 2.24) is 4.90 Å². The maximum absolute atomic E-state index is 13.0. The van der Waals surface area contributed by atoms with Gasteiger partial charge >= 0.3 is 0 Å². The van der Waals surface area contributed by atoms with E-state index in [-0.39, 0.29) is 11.1 Å². The Hall–Kier alpha value is -2.00. The van der Waals surface area contributed by atoms with Gasteiger partial charge in [-0.2, -0.15) is 0 Å². The molecular formula is C27H30INO4S. The molecule has 2 aromatic carbocycles. The number of hydrogen-bond donors (Lipinski definition) is 0. The van der Waals surface area contributed by atoms with Gasteiger partial charge in [0.05, 0.1) is 15.1 Å². The van der Waals surface area contributed by atoms with E-state index >= 15 is 0 Å². The fourth-order valence-electron chi connectivity index (χ4n) is 4.35. The number of imide groups is 1. The van der Waals surface area contributed by atoms with E-state index in [1.54, 1.807) is 6.08 Å². The van der Waals surface area contributed by atoms with Gasteiger partial charge in [0.25, 0.3) is 11.1 Å². The topological polar surface area (TPSA) is 55.8 Å². The molecule has 1 heterocycles. The van der Waals surface area contributed by atoms with Crippen molar-refractivity contribution in [3.05, 3.63) is 61.6 Å². The molecule has 1 saturated heterocycles. The van der Waals surface area contributed by atoms with Crippen molar-refractivity contribution in [3.63, 3.8) is 0 Å². The van der Waals surface area contributed by atoms with E-state index in [4.69, 9.17) is 9.47 Å². The van der Waals surface area contributed by atoms with Gasteiger partial charge in [-0.3, -0.25) is 14.5 Å². The van der Waals surface area contributed by atoms with E-state index in [0.29, 0.717) is 42.1 Å². The zero-order valence-electron chi connectivity index (χ0n) is 19.6. The standard InChI is InChI=1S/C27H30INO4S/c1-3-32-23-14-21(13-22(28)25(23)33-17-20-11-9-18(2)10-12-20)15-24-26(30)29(27(31)34-24)16-19-7-5-4-6-8-19/h9-15,19H,3-8,16-17H2,1-2H3/b24-15+. The van der Waals surface area contributed by atoms with Crippen molar-refractivity contribution in [3.8, 4) is 11.5 Å². The Bertz CT molecular complexity index is 1080. The Balaban J connectivity index is 1.51. The number of thioether (sulfide) groups is 1. The van der Waals surface area contributed by atoms with Crippen molar-refractivity contribution < 1.29 is 19.1 Å². The van der Waals surface area contributed by atoms with Gasteiger partial charge in [0.2, 0.25) is 0 Å². The Labute approximate surface area is 219 Å². The van der Waals surface area contributed by atoms with E-state index < -0.39 is 0 Å². The zero-order chi connectivity index (χ0) is 24.1. The van der Waals surface area contributed by atoms with Crippen LogP contribution in [0.1, 0.15) is 55.7 Å². The molecule has 180 valence electrons. The van der Waals surface area contributed by atoms with Crippen molar-refractivity contribution in [1.29, 1.82) is 0 Å². The van der Waals surface area contributed by atoms with Gasteiger partial charge in [0.15, 0.2) is 11.5 Å². The van der Waals surface area contributed by atoms with Crippen LogP contribution in [0.5, 0.6) is 11.5 Å². The predicted molar refractivity (Wildman–Crippen MR) is 145 cm³/mol. The number of benzene rings is 2. The number of amides is 2. The third-order valence-electron chi connectivity index (χ3n) is 6.17. The van der Waals surface area contributed by atoms with Crippen LogP contribution >= 0.6 is 34.4 Å². The molecule has 0 spiro atoms. The number of ether oxygens (including phenoxy) is 2. The van der Waals surface area contributed by atoms with Crippen LogP contribution in [0.3, 0.4) is 0 Å². The second-order valence-corrected chi connectivity index (χ2v) is 11.0. The lowest BCUT2D eigenvalue weighted by Crippen LogP contribution is -2.34. The number of nitrogens with zero attached hydrogens (tertiary/aromatic N) is 1. The zero-order valence-corrected chi connectivity index (χ0v) is 22.6. The van der Waals surface area contributed by atoms with Gasteiger partial charge in [-0.25, -0.2) is 0 Å². The second kappa shape index (κ2) is 11.6. The molecule has 4 rings (SSSR count). The summed E-state index contributed by atoms with van der Waals surface area (Å²) in [4.78, 5) is 27.5. The molecule has 0 unspecified atom stereocenters. The van der Waals surface area contributed by atoms with E-state index in [9.17, 15) is 9.59 Å². The molecule has 0 bridgehead atoms. The molecule has 0 radical (unpaired) electrons. The maximum atomic E-state index is 13.0. The molecule has 1 aliphatic carbocycles. The van der Waals surface area contributed by atoms with Gasteiger partial charge in [-0.15, -0.1) is 0 Å². The normalized spacial score (nSPS) is 18.1. The SMILES string of the molecule is CCOc1cc(/C=C2/SC(=O)N(CC3CCCCC3)C2=O)cc(I)c1OCc1ccc(C)cc1. The molecule has 0 aromatic heterocycles. The molecule has 5 nitrogen and oxygen atoms in total. The monoisotopic (exact) mass is 591 g/mol. The minimum absolute atomic E-state index is 0.167. The van der Waals surface area contributed by atoms with Gasteiger partial charge in [0.1, 0.15) is 6.61 Å². The molecular weight excluding hydrogens is 561 g/mol. The Morgan fingerprint density at radius 2 is 1.82 bits per heavy atom. The summed E-state index contributed by atoms with van der Waals surface area (Å²) in [5.41, 5.74) is 3.11. The van der Waals surface area contributed by atoms with Crippen LogP contribution < -0.4 is 9.47 Å². The Morgan fingerprint density at radius 1 is 1.09 bits per heavy atom. The molecule has 2 aliphatic rings. The van der Waals surface area contributed by atoms with E-state index in [2.05, 4.69) is 53.8 Å². The third-order valence-corrected chi connectivity index (χ3v) is 7.88. The predicted octanol–water partition coefficient (Wildman–Crippen LogP) is 7.19. The third kappa shape index (κ3) is 6.16. The van der Waals surface area contributed by atoms with E-state index in [0.717, 1.165) is 39.3 Å². The Kier molecular flexibility index (Phi) is 8.58. The second-order valence-electron chi connectivity index (χ2n) is 8.83. The van der Waals surface area contributed by atoms with Crippen LogP contribution in [-0.4, -0.2) is 29.2 Å². The summed E-state index contributed by atoms with van der Waals surface area (Å²) in [6.45, 7) is 5.47. The molecule has 2 aromatic rings. The smallest absolute Gasteiger partial charge is 0.293 e. The Morgan fingerprint density at radius 3 is 2.53 bits per heavy atom. The van der Waals surface area contributed by atoms with Gasteiger partial charge in [-0.1, -0.05) is 49.1 Å². The van der Waals surface area contributed by atoms with Gasteiger partial charge in [0, 0.05) is 6.54 Å². The summed E-state index contributed by atoms with van der Waals surface area (Å²) in [5, 5.41) is -0.167. The van der Waals surface area contributed by atoms with Crippen LogP contribution in [0.15, 0.2) is 41.3 Å². The summed E-state index contributed by atoms with van der Waals surface area (Å²) in [5.74, 6) is 1.56. The van der Waals surface area contributed by atoms with Crippen LogP contribution in [0.4, 0.5) is 4.79 Å². The van der Waals surface area contributed by atoms with Crippen LogP contribution in [0.2, 0.25) is 0 Å². The van der Waals surface area contributed by atoms with Crippen molar-refractivity contribution in [2.45, 2.75) is 52.6 Å². The van der Waals surface area contributed by atoms with Crippen LogP contribution in [0, 0.1) is 16.4 Å². The van der Waals surface area contributed by atoms with Gasteiger partial charge < -0.3 is 9.47 Å². The van der Waals surface area contributed by atoms with E-state index in [1.165, 1.54) is 29.7 Å². The van der Waals surface area contributed by atoms with Crippen LogP contribution in [-0.2, 0) is 11.4 Å². The minimum Gasteiger partial charge on any atom is -0.490 e. The summed E-state index contributed by atoms with van der Waals surface area (Å²) in [7, 11) is 0. The molecule has 2 fully saturated rings. The van der Waals surface area contributed by atoms with Crippen LogP contribution in [0.25, 0.3) is 6.08 Å². The fraction of sp³-hybridized carbons (Fsp3) is 0.407. The molecule has 2 amide bonds. The highest BCUT2D eigenvalue weighted by Gasteiger charge is 2.36. The molecule has 1 aliphatic heterocycles. The lowest BCUT2D eigenvalue weighted by Gasteiger charge is -2.25. The average molecular weight is 592 g/mol. The lowest BCUT2D eigenvalue weighted by molar-refractivity contribution is -0.123. The molecule has 0 N–H and O–H groups in total. The molecule has 1 saturated carbocycles. The fourth-order valence-corrected chi connectivity index (χ4v) is 5.98. The quantitative estimate of drug-likeness (QED) is 0.240. The van der Waals surface area contributed by atoms with E-state index in [1.807, 2.05) is 19.1 Å². The number of halogens is 1. The van der Waals surface area contributed by atoms with Crippen molar-refractivity contribution >= 4 is 51.6 Å². The summed E-state index contributed by atoms with van der Waals surface area (Å²) < 4.78 is 12.9. The first kappa shape index (κ1) is 25.1. The average Bonchev–Trinajstić information content (AvgIpc) is 3.08. The number of aryl methyl sites for hydroxylation is 1. The molecule has 34 heavy (non-hydrogen) atoms. The summed E-state index contributed by atoms with van der Waals surface area (Å²) in [6, 6.07) is 12.1. The number of rotatable bonds is 8. The molecule has 7 heteroatoms. The first-order valence-corrected chi connectivity index (χ1v) is 13.7. The number of carbonyl (C=O) groups is 2. The summed E-state index contributed by atoms with van der Waals surface area (Å²) in [6.07, 6.45) is 7.62. The number of carbonyl (C=O) groups excluding carboxylic acids is 2. The lowest BCUT2D eigenvalue weighted by atomic mass is 9.89. The maximum Gasteiger partial charge on any atom is 0.293 e. The first-order chi connectivity index (χ1) is 16.4. The highest BCUT2D eigenvalue weighted by atomic mass is 127. The molecule has 0 atom stereocenters. The largest absolute Gasteiger partial charge is 0.490 e. The number of hydrogen-bond acceptors (Lipinski definition) is 5. The van der Waals surface area contributed by atoms with Crippen molar-refractivity contribution in [2.24, 2.45) is 5.92 Å². The minimum atomic E-state index is -0.187. The van der Waals surface area contributed by atoms with Gasteiger partial charge in [-0.05, 0) is 96.3 Å². The highest BCUT2D eigenvalue weighted by molar-refractivity contribution is 14.1. The van der Waals surface area contributed by atoms with Crippen molar-refractivity contribution in [2.75, 3.05) is 13.2 Å².